The fourth-order valence-corrected chi connectivity index (χ4v) is 2.52. The molecule has 21 heavy (non-hydrogen) atoms. The molecule has 2 rings (SSSR count). The molecule has 1 atom stereocenters. The molecule has 8 heteroatoms. The highest BCUT2D eigenvalue weighted by Gasteiger charge is 2.35. The van der Waals surface area contributed by atoms with Gasteiger partial charge in [0, 0.05) is 13.1 Å². The van der Waals surface area contributed by atoms with Crippen molar-refractivity contribution < 1.29 is 23.5 Å². The average molecular weight is 302 g/mol. The first-order chi connectivity index (χ1) is 9.73. The number of non-ortho nitro benzene ring substituents is 1. The van der Waals surface area contributed by atoms with Crippen molar-refractivity contribution in [2.45, 2.75) is 25.6 Å². The summed E-state index contributed by atoms with van der Waals surface area (Å²) in [7, 11) is 0. The van der Waals surface area contributed by atoms with Crippen molar-refractivity contribution in [2.75, 3.05) is 24.6 Å². The molecule has 1 fully saturated rings. The molecule has 1 unspecified atom stereocenters. The normalized spacial score (nSPS) is 21.4. The van der Waals surface area contributed by atoms with Crippen LogP contribution in [0.5, 0.6) is 0 Å². The maximum atomic E-state index is 14.0. The number of halogens is 2. The van der Waals surface area contributed by atoms with Gasteiger partial charge in [-0.05, 0) is 13.8 Å². The van der Waals surface area contributed by atoms with Crippen LogP contribution in [0.25, 0.3) is 0 Å². The van der Waals surface area contributed by atoms with Gasteiger partial charge in [0.2, 0.25) is 0 Å². The maximum absolute atomic E-state index is 14.0. The minimum Gasteiger partial charge on any atom is -0.394 e. The number of ether oxygens (including phenoxy) is 1. The van der Waals surface area contributed by atoms with E-state index >= 15 is 0 Å². The third kappa shape index (κ3) is 3.27. The minimum atomic E-state index is -1.00. The van der Waals surface area contributed by atoms with Crippen LogP contribution < -0.4 is 4.90 Å². The number of nitro groups is 1. The molecule has 0 aromatic heterocycles. The first-order valence-corrected chi connectivity index (χ1v) is 6.40. The lowest BCUT2D eigenvalue weighted by Crippen LogP contribution is -2.54. The van der Waals surface area contributed by atoms with Crippen molar-refractivity contribution in [3.8, 4) is 0 Å². The molecular weight excluding hydrogens is 286 g/mol. The fourth-order valence-electron chi connectivity index (χ4n) is 2.52. The van der Waals surface area contributed by atoms with Gasteiger partial charge in [0.1, 0.15) is 5.69 Å². The van der Waals surface area contributed by atoms with E-state index in [0.29, 0.717) is 12.1 Å². The Labute approximate surface area is 120 Å². The first-order valence-electron chi connectivity index (χ1n) is 6.40. The number of nitrogens with zero attached hydrogens (tertiary/aromatic N) is 2. The van der Waals surface area contributed by atoms with Crippen LogP contribution in [0.1, 0.15) is 13.8 Å². The van der Waals surface area contributed by atoms with E-state index in [1.807, 2.05) is 0 Å². The number of hydrogen-bond acceptors (Lipinski definition) is 5. The molecule has 0 amide bonds. The van der Waals surface area contributed by atoms with E-state index in [9.17, 15) is 24.0 Å². The number of aliphatic hydroxyl groups is 1. The van der Waals surface area contributed by atoms with Crippen molar-refractivity contribution >= 4 is 11.4 Å². The molecule has 0 spiro atoms. The zero-order chi connectivity index (χ0) is 15.8. The Morgan fingerprint density at radius 1 is 1.48 bits per heavy atom. The second kappa shape index (κ2) is 5.53. The third-order valence-electron chi connectivity index (χ3n) is 3.21. The zero-order valence-electron chi connectivity index (χ0n) is 11.7. The Morgan fingerprint density at radius 3 is 2.52 bits per heavy atom. The summed E-state index contributed by atoms with van der Waals surface area (Å²) in [6, 6.07) is 1.38. The lowest BCUT2D eigenvalue weighted by Gasteiger charge is -2.43. The van der Waals surface area contributed by atoms with E-state index in [1.165, 1.54) is 4.90 Å². The molecule has 116 valence electrons. The molecule has 1 aromatic rings. The number of anilines is 1. The minimum absolute atomic E-state index is 0.103. The van der Waals surface area contributed by atoms with Gasteiger partial charge in [-0.1, -0.05) is 0 Å². The molecule has 0 saturated carbocycles. The Hall–Kier alpha value is -1.80. The Balaban J connectivity index is 2.39. The van der Waals surface area contributed by atoms with Crippen molar-refractivity contribution in [3.05, 3.63) is 33.9 Å². The zero-order valence-corrected chi connectivity index (χ0v) is 11.7. The van der Waals surface area contributed by atoms with Crippen LogP contribution in [0, 0.1) is 21.7 Å². The summed E-state index contributed by atoms with van der Waals surface area (Å²) in [5.74, 6) is -2.01. The SMILES string of the molecule is CC1(C)CN(c2c(F)cc([N+](=O)[O-])cc2F)CC(CO)O1. The molecule has 1 aromatic carbocycles. The smallest absolute Gasteiger partial charge is 0.275 e. The molecule has 1 aliphatic heterocycles. The molecular formula is C13H16F2N2O4. The summed E-state index contributed by atoms with van der Waals surface area (Å²) in [5.41, 5.74) is -1.68. The predicted molar refractivity (Wildman–Crippen MR) is 71.3 cm³/mol. The fraction of sp³-hybridized carbons (Fsp3) is 0.538. The highest BCUT2D eigenvalue weighted by molar-refractivity contribution is 5.54. The van der Waals surface area contributed by atoms with Crippen LogP contribution >= 0.6 is 0 Å². The third-order valence-corrected chi connectivity index (χ3v) is 3.21. The summed E-state index contributed by atoms with van der Waals surface area (Å²) in [5, 5.41) is 19.8. The average Bonchev–Trinajstić information content (AvgIpc) is 2.35. The number of hydrogen-bond donors (Lipinski definition) is 1. The standard InChI is InChI=1S/C13H16F2N2O4/c1-13(2)7-16(5-9(6-18)21-13)12-10(14)3-8(17(19)20)4-11(12)15/h3-4,9,18H,5-7H2,1-2H3. The van der Waals surface area contributed by atoms with Gasteiger partial charge in [0.05, 0.1) is 35.4 Å². The summed E-state index contributed by atoms with van der Waals surface area (Å²) >= 11 is 0. The van der Waals surface area contributed by atoms with Crippen molar-refractivity contribution in [2.24, 2.45) is 0 Å². The van der Waals surface area contributed by atoms with Crippen molar-refractivity contribution in [1.82, 2.24) is 0 Å². The molecule has 0 aliphatic carbocycles. The van der Waals surface area contributed by atoms with Gasteiger partial charge in [0.25, 0.3) is 5.69 Å². The monoisotopic (exact) mass is 302 g/mol. The van der Waals surface area contributed by atoms with E-state index < -0.39 is 34.0 Å². The van der Waals surface area contributed by atoms with Crippen LogP contribution in [0.4, 0.5) is 20.2 Å². The number of nitro benzene ring substituents is 1. The summed E-state index contributed by atoms with van der Waals surface area (Å²) in [6.07, 6.45) is -0.581. The van der Waals surface area contributed by atoms with Crippen LogP contribution in [0.15, 0.2) is 12.1 Å². The van der Waals surface area contributed by atoms with Crippen LogP contribution in [-0.4, -0.2) is 41.4 Å². The van der Waals surface area contributed by atoms with Crippen molar-refractivity contribution in [1.29, 1.82) is 0 Å². The molecule has 1 heterocycles. The predicted octanol–water partition coefficient (Wildman–Crippen LogP) is 1.85. The number of benzene rings is 1. The van der Waals surface area contributed by atoms with Gasteiger partial charge in [-0.3, -0.25) is 10.1 Å². The lowest BCUT2D eigenvalue weighted by atomic mass is 10.0. The van der Waals surface area contributed by atoms with Gasteiger partial charge in [-0.25, -0.2) is 8.78 Å². The number of rotatable bonds is 3. The Morgan fingerprint density at radius 2 is 2.05 bits per heavy atom. The molecule has 0 bridgehead atoms. The van der Waals surface area contributed by atoms with Gasteiger partial charge < -0.3 is 14.7 Å². The highest BCUT2D eigenvalue weighted by atomic mass is 19.1. The van der Waals surface area contributed by atoms with Gasteiger partial charge >= 0.3 is 0 Å². The highest BCUT2D eigenvalue weighted by Crippen LogP contribution is 2.32. The first kappa shape index (κ1) is 15.6. The van der Waals surface area contributed by atoms with Crippen molar-refractivity contribution in [3.63, 3.8) is 0 Å². The molecule has 6 nitrogen and oxygen atoms in total. The summed E-state index contributed by atoms with van der Waals surface area (Å²) in [4.78, 5) is 11.2. The van der Waals surface area contributed by atoms with Crippen LogP contribution in [-0.2, 0) is 4.74 Å². The number of aliphatic hydroxyl groups excluding tert-OH is 1. The van der Waals surface area contributed by atoms with E-state index in [4.69, 9.17) is 4.74 Å². The maximum Gasteiger partial charge on any atom is 0.275 e. The van der Waals surface area contributed by atoms with Crippen LogP contribution in [0.3, 0.4) is 0 Å². The summed E-state index contributed by atoms with van der Waals surface area (Å²) < 4.78 is 33.7. The van der Waals surface area contributed by atoms with Gasteiger partial charge in [-0.2, -0.15) is 0 Å². The second-order valence-electron chi connectivity index (χ2n) is 5.58. The molecule has 0 radical (unpaired) electrons. The summed E-state index contributed by atoms with van der Waals surface area (Å²) in [6.45, 7) is 3.50. The quantitative estimate of drug-likeness (QED) is 0.681. The Kier molecular flexibility index (Phi) is 4.11. The molecule has 1 aliphatic rings. The molecule has 1 saturated heterocycles. The van der Waals surface area contributed by atoms with Gasteiger partial charge in [0.15, 0.2) is 11.6 Å². The van der Waals surface area contributed by atoms with Crippen LogP contribution in [0.2, 0.25) is 0 Å². The van der Waals surface area contributed by atoms with E-state index in [0.717, 1.165) is 0 Å². The topological polar surface area (TPSA) is 75.8 Å². The van der Waals surface area contributed by atoms with E-state index in [-0.39, 0.29) is 25.4 Å². The molecule has 1 N–H and O–H groups in total. The largest absolute Gasteiger partial charge is 0.394 e. The van der Waals surface area contributed by atoms with E-state index in [1.54, 1.807) is 13.8 Å². The van der Waals surface area contributed by atoms with Gasteiger partial charge in [-0.15, -0.1) is 0 Å². The van der Waals surface area contributed by atoms with E-state index in [2.05, 4.69) is 0 Å². The Bertz CT molecular complexity index is 542. The second-order valence-corrected chi connectivity index (χ2v) is 5.58. The number of morpholine rings is 1. The lowest BCUT2D eigenvalue weighted by molar-refractivity contribution is -0.385.